The first-order chi connectivity index (χ1) is 9.22. The lowest BCUT2D eigenvalue weighted by Crippen LogP contribution is -2.17. The van der Waals surface area contributed by atoms with E-state index in [1.807, 2.05) is 19.1 Å². The van der Waals surface area contributed by atoms with Gasteiger partial charge in [0.25, 0.3) is 0 Å². The van der Waals surface area contributed by atoms with Crippen molar-refractivity contribution >= 4 is 0 Å². The van der Waals surface area contributed by atoms with Crippen LogP contribution in [0.15, 0.2) is 28.8 Å². The molecule has 0 radical (unpaired) electrons. The van der Waals surface area contributed by atoms with Gasteiger partial charge in [0.15, 0.2) is 0 Å². The van der Waals surface area contributed by atoms with E-state index in [4.69, 9.17) is 15.0 Å². The number of aromatic nitrogens is 1. The van der Waals surface area contributed by atoms with E-state index in [-0.39, 0.29) is 6.04 Å². The highest BCUT2D eigenvalue weighted by atomic mass is 16.5. The number of nitrogens with zero attached hydrogens (tertiary/aromatic N) is 1. The van der Waals surface area contributed by atoms with E-state index in [2.05, 4.69) is 17.3 Å². The molecule has 0 amide bonds. The summed E-state index contributed by atoms with van der Waals surface area (Å²) in [5.74, 6) is 1.64. The van der Waals surface area contributed by atoms with Crippen LogP contribution >= 0.6 is 0 Å². The number of rotatable bonds is 3. The van der Waals surface area contributed by atoms with E-state index in [9.17, 15) is 0 Å². The Labute approximate surface area is 112 Å². The maximum Gasteiger partial charge on any atom is 0.134 e. The third-order valence-electron chi connectivity index (χ3n) is 3.54. The van der Waals surface area contributed by atoms with Gasteiger partial charge in [0.05, 0.1) is 0 Å². The van der Waals surface area contributed by atoms with Gasteiger partial charge in [-0.1, -0.05) is 11.2 Å². The predicted octanol–water partition coefficient (Wildman–Crippen LogP) is 2.90. The Morgan fingerprint density at radius 1 is 1.42 bits per heavy atom. The van der Waals surface area contributed by atoms with Crippen LogP contribution in [-0.2, 0) is 13.0 Å². The minimum atomic E-state index is 0.140. The number of fused-ring (bicyclic) bond motifs is 1. The molecule has 1 aliphatic rings. The van der Waals surface area contributed by atoms with Crippen molar-refractivity contribution in [2.24, 2.45) is 5.73 Å². The number of aryl methyl sites for hydroxylation is 2. The van der Waals surface area contributed by atoms with Crippen LogP contribution in [0.4, 0.5) is 0 Å². The van der Waals surface area contributed by atoms with Crippen LogP contribution in [0.1, 0.15) is 41.5 Å². The van der Waals surface area contributed by atoms with Crippen LogP contribution in [0, 0.1) is 6.92 Å². The zero-order valence-corrected chi connectivity index (χ0v) is 11.1. The fraction of sp³-hybridized carbons (Fsp3) is 0.400. The molecular formula is C15H18N2O2. The molecule has 0 fully saturated rings. The average Bonchev–Trinajstić information content (AvgIpc) is 2.83. The van der Waals surface area contributed by atoms with Gasteiger partial charge in [-0.25, -0.2) is 0 Å². The predicted molar refractivity (Wildman–Crippen MR) is 71.9 cm³/mol. The molecule has 0 unspecified atom stereocenters. The highest BCUT2D eigenvalue weighted by molar-refractivity contribution is 5.39. The molecule has 1 atom stereocenters. The molecule has 1 aromatic heterocycles. The summed E-state index contributed by atoms with van der Waals surface area (Å²) in [7, 11) is 0. The first-order valence-electron chi connectivity index (χ1n) is 6.66. The Morgan fingerprint density at radius 2 is 2.32 bits per heavy atom. The molecule has 4 heteroatoms. The summed E-state index contributed by atoms with van der Waals surface area (Å²) in [5.41, 5.74) is 9.52. The third-order valence-corrected chi connectivity index (χ3v) is 3.54. The molecule has 0 spiro atoms. The maximum absolute atomic E-state index is 6.14. The molecule has 1 aliphatic carbocycles. The fourth-order valence-corrected chi connectivity index (χ4v) is 2.55. The Hall–Kier alpha value is -1.81. The minimum Gasteiger partial charge on any atom is -0.487 e. The molecule has 19 heavy (non-hydrogen) atoms. The average molecular weight is 258 g/mol. The van der Waals surface area contributed by atoms with E-state index in [0.717, 1.165) is 30.0 Å². The molecule has 2 aromatic rings. The molecule has 0 saturated heterocycles. The second-order valence-electron chi connectivity index (χ2n) is 5.08. The van der Waals surface area contributed by atoms with Crippen LogP contribution in [0.3, 0.4) is 0 Å². The van der Waals surface area contributed by atoms with Crippen molar-refractivity contribution in [2.75, 3.05) is 0 Å². The Balaban J connectivity index is 1.73. The molecule has 3 rings (SSSR count). The first kappa shape index (κ1) is 12.2. The topological polar surface area (TPSA) is 61.3 Å². The fourth-order valence-electron chi connectivity index (χ4n) is 2.55. The van der Waals surface area contributed by atoms with Crippen molar-refractivity contribution in [3.63, 3.8) is 0 Å². The van der Waals surface area contributed by atoms with Crippen LogP contribution in [-0.4, -0.2) is 5.16 Å². The van der Waals surface area contributed by atoms with Crippen molar-refractivity contribution < 1.29 is 9.26 Å². The summed E-state index contributed by atoms with van der Waals surface area (Å²) >= 11 is 0. The van der Waals surface area contributed by atoms with Gasteiger partial charge >= 0.3 is 0 Å². The Bertz CT molecular complexity index is 577. The van der Waals surface area contributed by atoms with Crippen molar-refractivity contribution in [1.82, 2.24) is 5.16 Å². The molecule has 100 valence electrons. The molecular weight excluding hydrogens is 240 g/mol. The molecule has 1 aromatic carbocycles. The lowest BCUT2D eigenvalue weighted by molar-refractivity contribution is 0.287. The third kappa shape index (κ3) is 2.63. The van der Waals surface area contributed by atoms with Crippen LogP contribution in [0.5, 0.6) is 5.75 Å². The SMILES string of the molecule is Cc1cc(COc2ccc3c(c2)[C@H](N)CCC3)no1. The minimum absolute atomic E-state index is 0.140. The van der Waals surface area contributed by atoms with Crippen LogP contribution in [0.25, 0.3) is 0 Å². The largest absolute Gasteiger partial charge is 0.487 e. The van der Waals surface area contributed by atoms with Gasteiger partial charge in [0.2, 0.25) is 0 Å². The second-order valence-corrected chi connectivity index (χ2v) is 5.08. The summed E-state index contributed by atoms with van der Waals surface area (Å²) in [6, 6.07) is 8.21. The van der Waals surface area contributed by atoms with Crippen LogP contribution in [0.2, 0.25) is 0 Å². The summed E-state index contributed by atoms with van der Waals surface area (Å²) in [6.45, 7) is 2.29. The van der Waals surface area contributed by atoms with Gasteiger partial charge in [0.1, 0.15) is 23.8 Å². The van der Waals surface area contributed by atoms with Gasteiger partial charge in [0, 0.05) is 12.1 Å². The molecule has 2 N–H and O–H groups in total. The van der Waals surface area contributed by atoms with Crippen molar-refractivity contribution in [2.45, 2.75) is 38.8 Å². The lowest BCUT2D eigenvalue weighted by Gasteiger charge is -2.22. The summed E-state index contributed by atoms with van der Waals surface area (Å²) in [4.78, 5) is 0. The smallest absolute Gasteiger partial charge is 0.134 e. The zero-order valence-electron chi connectivity index (χ0n) is 11.1. The highest BCUT2D eigenvalue weighted by Crippen LogP contribution is 2.31. The van der Waals surface area contributed by atoms with Gasteiger partial charge in [-0.15, -0.1) is 0 Å². The number of ether oxygens (including phenoxy) is 1. The molecule has 1 heterocycles. The molecule has 0 bridgehead atoms. The van der Waals surface area contributed by atoms with Crippen molar-refractivity contribution in [3.05, 3.63) is 46.8 Å². The summed E-state index contributed by atoms with van der Waals surface area (Å²) < 4.78 is 10.8. The second kappa shape index (κ2) is 5.05. The zero-order chi connectivity index (χ0) is 13.2. The summed E-state index contributed by atoms with van der Waals surface area (Å²) in [5, 5.41) is 3.91. The van der Waals surface area contributed by atoms with Gasteiger partial charge in [-0.2, -0.15) is 0 Å². The van der Waals surface area contributed by atoms with Crippen LogP contribution < -0.4 is 10.5 Å². The number of hydrogen-bond acceptors (Lipinski definition) is 4. The van der Waals surface area contributed by atoms with Gasteiger partial charge in [-0.05, 0) is 49.4 Å². The molecule has 4 nitrogen and oxygen atoms in total. The van der Waals surface area contributed by atoms with Crippen molar-refractivity contribution in [3.8, 4) is 5.75 Å². The first-order valence-corrected chi connectivity index (χ1v) is 6.66. The van der Waals surface area contributed by atoms with E-state index in [0.29, 0.717) is 6.61 Å². The summed E-state index contributed by atoms with van der Waals surface area (Å²) in [6.07, 6.45) is 3.34. The number of nitrogens with two attached hydrogens (primary N) is 1. The number of benzene rings is 1. The Kier molecular flexibility index (Phi) is 3.25. The van der Waals surface area contributed by atoms with Gasteiger partial charge in [-0.3, -0.25) is 0 Å². The quantitative estimate of drug-likeness (QED) is 0.919. The van der Waals surface area contributed by atoms with E-state index in [1.54, 1.807) is 0 Å². The highest BCUT2D eigenvalue weighted by Gasteiger charge is 2.17. The molecule has 0 saturated carbocycles. The van der Waals surface area contributed by atoms with Crippen molar-refractivity contribution in [1.29, 1.82) is 0 Å². The number of hydrogen-bond donors (Lipinski definition) is 1. The lowest BCUT2D eigenvalue weighted by atomic mass is 9.88. The van der Waals surface area contributed by atoms with Gasteiger partial charge < -0.3 is 15.0 Å². The van der Waals surface area contributed by atoms with E-state index < -0.39 is 0 Å². The van der Waals surface area contributed by atoms with E-state index in [1.165, 1.54) is 17.5 Å². The maximum atomic E-state index is 6.14. The standard InChI is InChI=1S/C15H18N2O2/c1-10-7-12(17-19-10)9-18-13-6-5-11-3-2-4-15(16)14(11)8-13/h5-8,15H,2-4,9,16H2,1H3/t15-/m1/s1. The normalized spacial score (nSPS) is 18.1. The van der Waals surface area contributed by atoms with E-state index >= 15 is 0 Å². The molecule has 0 aliphatic heterocycles. The monoisotopic (exact) mass is 258 g/mol. The Morgan fingerprint density at radius 3 is 3.11 bits per heavy atom.